The Morgan fingerprint density at radius 3 is 2.83 bits per heavy atom. The van der Waals surface area contributed by atoms with Crippen molar-refractivity contribution in [3.8, 4) is 16.5 Å². The van der Waals surface area contributed by atoms with E-state index in [4.69, 9.17) is 15.2 Å². The van der Waals surface area contributed by atoms with Crippen molar-refractivity contribution in [2.75, 3.05) is 24.5 Å². The number of thiazole rings is 1. The van der Waals surface area contributed by atoms with E-state index in [2.05, 4.69) is 24.7 Å². The lowest BCUT2D eigenvalue weighted by Crippen LogP contribution is -2.20. The predicted molar refractivity (Wildman–Crippen MR) is 133 cm³/mol. The minimum Gasteiger partial charge on any atom is -0.477 e. The highest BCUT2D eigenvalue weighted by atomic mass is 32.2. The molecule has 2 aliphatic rings. The van der Waals surface area contributed by atoms with Crippen LogP contribution in [0.15, 0.2) is 30.7 Å². The van der Waals surface area contributed by atoms with Crippen LogP contribution >= 0.6 is 11.3 Å². The number of ether oxygens (including phenoxy) is 2. The number of nitrogens with two attached hydrogens (primary N) is 1. The minimum atomic E-state index is -3.44. The van der Waals surface area contributed by atoms with Gasteiger partial charge in [-0.05, 0) is 44.2 Å². The lowest BCUT2D eigenvalue weighted by molar-refractivity contribution is 0.0999. The molecule has 2 fully saturated rings. The van der Waals surface area contributed by atoms with E-state index in [1.165, 1.54) is 6.20 Å². The van der Waals surface area contributed by atoms with Crippen LogP contribution in [-0.4, -0.2) is 59.3 Å². The predicted octanol–water partition coefficient (Wildman–Crippen LogP) is 2.57. The smallest absolute Gasteiger partial charge is 0.277 e. The Morgan fingerprint density at radius 2 is 2.14 bits per heavy atom. The highest BCUT2D eigenvalue weighted by molar-refractivity contribution is 7.93. The van der Waals surface area contributed by atoms with Gasteiger partial charge >= 0.3 is 0 Å². The van der Waals surface area contributed by atoms with Gasteiger partial charge in [0.2, 0.25) is 15.9 Å². The summed E-state index contributed by atoms with van der Waals surface area (Å²) in [5.74, 6) is -0.695. The van der Waals surface area contributed by atoms with E-state index < -0.39 is 21.8 Å². The Hall–Kier alpha value is -3.16. The van der Waals surface area contributed by atoms with Crippen LogP contribution < -0.4 is 15.2 Å². The number of primary amides is 1. The number of aromatic nitrogens is 4. The van der Waals surface area contributed by atoms with Gasteiger partial charge in [0.15, 0.2) is 5.01 Å². The van der Waals surface area contributed by atoms with Crippen LogP contribution in [0.2, 0.25) is 0 Å². The monoisotopic (exact) mass is 530 g/mol. The molecule has 3 aromatic rings. The van der Waals surface area contributed by atoms with Gasteiger partial charge in [0.25, 0.3) is 5.91 Å². The van der Waals surface area contributed by atoms with Gasteiger partial charge in [-0.3, -0.25) is 19.5 Å². The first-order chi connectivity index (χ1) is 17.4. The van der Waals surface area contributed by atoms with E-state index in [0.717, 1.165) is 17.8 Å². The maximum absolute atomic E-state index is 12.5. The number of carbonyl (C=O) groups is 1. The molecule has 190 valence electrons. The summed E-state index contributed by atoms with van der Waals surface area (Å²) in [6.45, 7) is 3.33. The molecule has 36 heavy (non-hydrogen) atoms. The van der Waals surface area contributed by atoms with Crippen LogP contribution in [0.1, 0.15) is 53.3 Å². The van der Waals surface area contributed by atoms with Crippen molar-refractivity contribution in [1.82, 2.24) is 19.9 Å². The lowest BCUT2D eigenvalue weighted by atomic mass is 9.84. The van der Waals surface area contributed by atoms with Crippen molar-refractivity contribution in [2.24, 2.45) is 11.7 Å². The second kappa shape index (κ2) is 10.1. The molecule has 4 heterocycles. The number of carbonyl (C=O) groups excluding carboxylic acids is 1. The molecule has 2 atom stereocenters. The van der Waals surface area contributed by atoms with Crippen LogP contribution in [0.5, 0.6) is 5.88 Å². The number of amides is 1. The van der Waals surface area contributed by atoms with Gasteiger partial charge in [0.05, 0.1) is 58.7 Å². The van der Waals surface area contributed by atoms with E-state index >= 15 is 0 Å². The number of nitrogens with zero attached hydrogens (tertiary/aromatic N) is 4. The van der Waals surface area contributed by atoms with Gasteiger partial charge in [-0.1, -0.05) is 0 Å². The van der Waals surface area contributed by atoms with Crippen molar-refractivity contribution in [3.63, 3.8) is 0 Å². The normalized spacial score (nSPS) is 18.6. The Bertz CT molecular complexity index is 1370. The molecular weight excluding hydrogens is 504 g/mol. The van der Waals surface area contributed by atoms with Crippen LogP contribution in [-0.2, 0) is 14.8 Å². The van der Waals surface area contributed by atoms with E-state index in [9.17, 15) is 13.2 Å². The first-order valence-corrected chi connectivity index (χ1v) is 14.0. The quantitative estimate of drug-likeness (QED) is 0.401. The van der Waals surface area contributed by atoms with E-state index in [1.807, 2.05) is 6.92 Å². The third kappa shape index (κ3) is 5.18. The molecule has 1 aliphatic carbocycles. The number of hydrogen-bond donors (Lipinski definition) is 2. The molecule has 1 aliphatic heterocycles. The topological polar surface area (TPSA) is 159 Å². The fourth-order valence-corrected chi connectivity index (χ4v) is 6.53. The first-order valence-electron chi connectivity index (χ1n) is 11.7. The largest absolute Gasteiger partial charge is 0.477 e. The summed E-state index contributed by atoms with van der Waals surface area (Å²) in [5.41, 5.74) is 7.71. The number of nitrogens with one attached hydrogen (secondary N) is 1. The summed E-state index contributed by atoms with van der Waals surface area (Å²) < 4.78 is 38.9. The molecule has 3 aromatic heterocycles. The van der Waals surface area contributed by atoms with E-state index in [0.29, 0.717) is 66.2 Å². The summed E-state index contributed by atoms with van der Waals surface area (Å²) in [6.07, 6.45) is 6.74. The van der Waals surface area contributed by atoms with Crippen LogP contribution in [0, 0.1) is 5.92 Å². The number of pyridine rings is 1. The standard InChI is InChI=1S/C23H26N6O5S2/c1-2-34-18-11-25-10-17(27-18)21-20(28-23(35-21)22(24)30)19(13-6-8-33-12-13)16-9-14(5-7-26-16)29-36(31,32)15-3-4-15/h5,7,9-11,13,15,19H,2-4,6,8,12H2,1H3,(H2,24,30)(H,26,29)/t13-,19+/m1/s1. The highest BCUT2D eigenvalue weighted by Crippen LogP contribution is 2.43. The van der Waals surface area contributed by atoms with Crippen LogP contribution in [0.25, 0.3) is 10.6 Å². The first kappa shape index (κ1) is 24.5. The third-order valence-corrected chi connectivity index (χ3v) is 9.03. The van der Waals surface area contributed by atoms with Gasteiger partial charge < -0.3 is 15.2 Å². The molecule has 0 aromatic carbocycles. The van der Waals surface area contributed by atoms with E-state index in [1.54, 1.807) is 24.5 Å². The molecule has 11 nitrogen and oxygen atoms in total. The molecule has 0 spiro atoms. The van der Waals surface area contributed by atoms with Gasteiger partial charge in [-0.2, -0.15) is 0 Å². The maximum Gasteiger partial charge on any atom is 0.277 e. The number of anilines is 1. The summed E-state index contributed by atoms with van der Waals surface area (Å²) in [5, 5.41) is -0.217. The summed E-state index contributed by atoms with van der Waals surface area (Å²) >= 11 is 1.13. The Kier molecular flexibility index (Phi) is 6.86. The fraction of sp³-hybridized carbons (Fsp3) is 0.435. The van der Waals surface area contributed by atoms with Crippen molar-refractivity contribution in [1.29, 1.82) is 0 Å². The number of sulfonamides is 1. The minimum absolute atomic E-state index is 0.00241. The highest BCUT2D eigenvalue weighted by Gasteiger charge is 2.37. The molecule has 0 unspecified atom stereocenters. The zero-order chi connectivity index (χ0) is 25.3. The molecule has 3 N–H and O–H groups in total. The van der Waals surface area contributed by atoms with Crippen molar-refractivity contribution < 1.29 is 22.7 Å². The fourth-order valence-electron chi connectivity index (χ4n) is 4.23. The maximum atomic E-state index is 12.5. The zero-order valence-electron chi connectivity index (χ0n) is 19.6. The number of rotatable bonds is 10. The summed E-state index contributed by atoms with van der Waals surface area (Å²) in [6, 6.07) is 3.34. The SMILES string of the molecule is CCOc1cncc(-c2sc(C(N)=O)nc2[C@H](c2cc(NS(=O)(=O)C3CC3)ccn2)[C@@H]2CCOC2)n1. The molecule has 1 saturated carbocycles. The molecule has 0 radical (unpaired) electrons. The van der Waals surface area contributed by atoms with Crippen LogP contribution in [0.4, 0.5) is 5.69 Å². The molecule has 13 heteroatoms. The van der Waals surface area contributed by atoms with Crippen molar-refractivity contribution >= 4 is 33.0 Å². The van der Waals surface area contributed by atoms with Gasteiger partial charge in [0.1, 0.15) is 5.69 Å². The Morgan fingerprint density at radius 1 is 1.31 bits per heavy atom. The van der Waals surface area contributed by atoms with Crippen molar-refractivity contribution in [3.05, 3.63) is 47.1 Å². The molecule has 0 bridgehead atoms. The van der Waals surface area contributed by atoms with Gasteiger partial charge in [0, 0.05) is 12.8 Å². The molecule has 1 amide bonds. The number of hydrogen-bond acceptors (Lipinski definition) is 10. The van der Waals surface area contributed by atoms with Gasteiger partial charge in [-0.15, -0.1) is 11.3 Å². The summed E-state index contributed by atoms with van der Waals surface area (Å²) in [7, 11) is -3.44. The van der Waals surface area contributed by atoms with Crippen molar-refractivity contribution in [2.45, 2.75) is 37.4 Å². The lowest BCUT2D eigenvalue weighted by Gasteiger charge is -2.22. The second-order valence-corrected chi connectivity index (χ2v) is 11.7. The third-order valence-electron chi connectivity index (χ3n) is 6.06. The Labute approximate surface area is 212 Å². The molecule has 5 rings (SSSR count). The Balaban J connectivity index is 1.60. The molecular formula is C23H26N6O5S2. The summed E-state index contributed by atoms with van der Waals surface area (Å²) in [4.78, 5) is 30.7. The van der Waals surface area contributed by atoms with Crippen LogP contribution in [0.3, 0.4) is 0 Å². The average Bonchev–Trinajstić information content (AvgIpc) is 3.42. The van der Waals surface area contributed by atoms with E-state index in [-0.39, 0.29) is 16.2 Å². The molecule has 1 saturated heterocycles. The van der Waals surface area contributed by atoms with Gasteiger partial charge in [-0.25, -0.2) is 18.4 Å². The second-order valence-electron chi connectivity index (χ2n) is 8.69. The zero-order valence-corrected chi connectivity index (χ0v) is 21.2. The average molecular weight is 531 g/mol.